The highest BCUT2D eigenvalue weighted by atomic mass is 32.2. The van der Waals surface area contributed by atoms with Crippen molar-refractivity contribution in [1.82, 2.24) is 9.78 Å². The predicted octanol–water partition coefficient (Wildman–Crippen LogP) is 3.35. The van der Waals surface area contributed by atoms with E-state index < -0.39 is 0 Å². The molecule has 0 spiro atoms. The number of amides is 2. The zero-order valence-corrected chi connectivity index (χ0v) is 16.3. The number of hydrogen-bond donors (Lipinski definition) is 1. The number of thioether (sulfide) groups is 1. The van der Waals surface area contributed by atoms with Crippen LogP contribution in [0.3, 0.4) is 0 Å². The van der Waals surface area contributed by atoms with Crippen LogP contribution in [-0.2, 0) is 18.3 Å². The van der Waals surface area contributed by atoms with E-state index in [1.807, 2.05) is 41.3 Å². The number of hydrogen-bond acceptors (Lipinski definition) is 4. The number of nitrogens with one attached hydrogen (secondary N) is 1. The Balaban J connectivity index is 1.44. The maximum Gasteiger partial charge on any atom is 0.257 e. The van der Waals surface area contributed by atoms with Gasteiger partial charge in [-0.1, -0.05) is 30.3 Å². The minimum absolute atomic E-state index is 0.0508. The van der Waals surface area contributed by atoms with Gasteiger partial charge < -0.3 is 10.2 Å². The van der Waals surface area contributed by atoms with Crippen molar-refractivity contribution >= 4 is 35.1 Å². The third-order valence-corrected chi connectivity index (χ3v) is 5.68. The Kier molecular flexibility index (Phi) is 5.16. The van der Waals surface area contributed by atoms with Crippen LogP contribution < -0.4 is 10.2 Å². The highest BCUT2D eigenvalue weighted by molar-refractivity contribution is 8.00. The molecule has 1 aliphatic rings. The summed E-state index contributed by atoms with van der Waals surface area (Å²) in [6.07, 6.45) is 2.65. The molecule has 0 unspecified atom stereocenters. The molecule has 0 saturated heterocycles. The van der Waals surface area contributed by atoms with Crippen molar-refractivity contribution in [3.8, 4) is 0 Å². The number of aryl methyl sites for hydroxylation is 1. The Labute approximate surface area is 167 Å². The fraction of sp³-hybridized carbons (Fsp3) is 0.190. The molecule has 0 atom stereocenters. The van der Waals surface area contributed by atoms with Gasteiger partial charge in [0.25, 0.3) is 5.91 Å². The third kappa shape index (κ3) is 3.80. The van der Waals surface area contributed by atoms with Gasteiger partial charge in [0.1, 0.15) is 0 Å². The lowest BCUT2D eigenvalue weighted by Crippen LogP contribution is -2.30. The molecule has 142 valence electrons. The Hall–Kier alpha value is -3.06. The fourth-order valence-corrected chi connectivity index (χ4v) is 4.19. The molecule has 0 saturated carbocycles. The minimum Gasteiger partial charge on any atom is -0.311 e. The molecule has 1 aromatic heterocycles. The number of nitrogens with zero attached hydrogens (tertiary/aromatic N) is 3. The van der Waals surface area contributed by atoms with Crippen LogP contribution in [0.5, 0.6) is 0 Å². The van der Waals surface area contributed by atoms with Crippen LogP contribution in [-0.4, -0.2) is 33.9 Å². The Morgan fingerprint density at radius 1 is 1.11 bits per heavy atom. The van der Waals surface area contributed by atoms with Crippen molar-refractivity contribution in [2.24, 2.45) is 7.05 Å². The second-order valence-corrected chi connectivity index (χ2v) is 7.55. The van der Waals surface area contributed by atoms with E-state index >= 15 is 0 Å². The van der Waals surface area contributed by atoms with Crippen LogP contribution in [0.25, 0.3) is 0 Å². The average molecular weight is 392 g/mol. The standard InChI is InChI=1S/C21H20N4O2S/c1-24-12-11-19(23-24)22-21(27)16-7-3-5-9-18(16)28-14-20(26)25-13-10-15-6-2-4-8-17(15)25/h2-9,11-12H,10,13-14H2,1H3,(H,22,23,27). The number of fused-ring (bicyclic) bond motifs is 1. The molecule has 1 N–H and O–H groups in total. The SMILES string of the molecule is Cn1ccc(NC(=O)c2ccccc2SCC(=O)N2CCc3ccccc32)n1. The van der Waals surface area contributed by atoms with E-state index in [0.717, 1.165) is 17.0 Å². The summed E-state index contributed by atoms with van der Waals surface area (Å²) in [5, 5.41) is 6.97. The summed E-state index contributed by atoms with van der Waals surface area (Å²) in [7, 11) is 1.79. The highest BCUT2D eigenvalue weighted by Gasteiger charge is 2.24. The average Bonchev–Trinajstić information content (AvgIpc) is 3.32. The maximum absolute atomic E-state index is 12.7. The molecule has 2 heterocycles. The predicted molar refractivity (Wildman–Crippen MR) is 111 cm³/mol. The minimum atomic E-state index is -0.235. The van der Waals surface area contributed by atoms with Gasteiger partial charge in [0.2, 0.25) is 5.91 Å². The third-order valence-electron chi connectivity index (χ3n) is 4.63. The van der Waals surface area contributed by atoms with Crippen LogP contribution in [0.2, 0.25) is 0 Å². The highest BCUT2D eigenvalue weighted by Crippen LogP contribution is 2.29. The first-order valence-corrected chi connectivity index (χ1v) is 10.0. The molecule has 2 aromatic carbocycles. The monoisotopic (exact) mass is 392 g/mol. The Bertz CT molecular complexity index is 1030. The first-order chi connectivity index (χ1) is 13.6. The molecule has 0 bridgehead atoms. The van der Waals surface area contributed by atoms with E-state index in [2.05, 4.69) is 16.5 Å². The molecule has 4 rings (SSSR count). The molecular formula is C21H20N4O2S. The summed E-state index contributed by atoms with van der Waals surface area (Å²) in [6.45, 7) is 0.709. The second-order valence-electron chi connectivity index (χ2n) is 6.54. The number of para-hydroxylation sites is 1. The van der Waals surface area contributed by atoms with Gasteiger partial charge in [0, 0.05) is 36.4 Å². The van der Waals surface area contributed by atoms with Crippen LogP contribution in [0.15, 0.2) is 65.7 Å². The first kappa shape index (κ1) is 18.3. The van der Waals surface area contributed by atoms with Gasteiger partial charge >= 0.3 is 0 Å². The van der Waals surface area contributed by atoms with E-state index in [4.69, 9.17) is 0 Å². The van der Waals surface area contributed by atoms with Crippen molar-refractivity contribution in [3.05, 3.63) is 71.9 Å². The number of benzene rings is 2. The van der Waals surface area contributed by atoms with Gasteiger partial charge in [0.15, 0.2) is 5.82 Å². The van der Waals surface area contributed by atoms with E-state index in [0.29, 0.717) is 17.9 Å². The number of aromatic nitrogens is 2. The van der Waals surface area contributed by atoms with Crippen LogP contribution >= 0.6 is 11.8 Å². The van der Waals surface area contributed by atoms with Gasteiger partial charge in [-0.2, -0.15) is 5.10 Å². The Morgan fingerprint density at radius 2 is 1.89 bits per heavy atom. The summed E-state index contributed by atoms with van der Waals surface area (Å²) in [5.41, 5.74) is 2.73. The number of rotatable bonds is 5. The molecule has 1 aliphatic heterocycles. The summed E-state index contributed by atoms with van der Waals surface area (Å²) in [5.74, 6) is 0.593. The lowest BCUT2D eigenvalue weighted by molar-refractivity contribution is -0.116. The van der Waals surface area contributed by atoms with Crippen LogP contribution in [0, 0.1) is 0 Å². The van der Waals surface area contributed by atoms with Crippen LogP contribution in [0.1, 0.15) is 15.9 Å². The quantitative estimate of drug-likeness (QED) is 0.676. The molecule has 3 aromatic rings. The summed E-state index contributed by atoms with van der Waals surface area (Å²) in [4.78, 5) is 28.0. The zero-order valence-electron chi connectivity index (χ0n) is 15.5. The molecule has 0 radical (unpaired) electrons. The van der Waals surface area contributed by atoms with Crippen molar-refractivity contribution in [2.45, 2.75) is 11.3 Å². The maximum atomic E-state index is 12.7. The summed E-state index contributed by atoms with van der Waals surface area (Å²) >= 11 is 1.38. The molecule has 28 heavy (non-hydrogen) atoms. The molecule has 0 aliphatic carbocycles. The van der Waals surface area contributed by atoms with Gasteiger partial charge in [-0.05, 0) is 30.2 Å². The largest absolute Gasteiger partial charge is 0.311 e. The molecule has 0 fully saturated rings. The molecule has 2 amide bonds. The zero-order chi connectivity index (χ0) is 19.5. The molecule has 7 heteroatoms. The van der Waals surface area contributed by atoms with E-state index in [-0.39, 0.29) is 17.6 Å². The topological polar surface area (TPSA) is 67.2 Å². The Morgan fingerprint density at radius 3 is 2.71 bits per heavy atom. The number of carbonyl (C=O) groups is 2. The number of anilines is 2. The smallest absolute Gasteiger partial charge is 0.257 e. The normalized spacial score (nSPS) is 12.7. The second kappa shape index (κ2) is 7.90. The molecule has 6 nitrogen and oxygen atoms in total. The lowest BCUT2D eigenvalue weighted by Gasteiger charge is -2.17. The van der Waals surface area contributed by atoms with Gasteiger partial charge in [-0.25, -0.2) is 0 Å². The fourth-order valence-electron chi connectivity index (χ4n) is 3.26. The van der Waals surface area contributed by atoms with Crippen molar-refractivity contribution in [1.29, 1.82) is 0 Å². The number of carbonyl (C=O) groups excluding carboxylic acids is 2. The van der Waals surface area contributed by atoms with Crippen molar-refractivity contribution in [2.75, 3.05) is 22.5 Å². The lowest BCUT2D eigenvalue weighted by atomic mass is 10.2. The van der Waals surface area contributed by atoms with E-state index in [1.165, 1.54) is 17.3 Å². The van der Waals surface area contributed by atoms with Crippen molar-refractivity contribution in [3.63, 3.8) is 0 Å². The summed E-state index contributed by atoms with van der Waals surface area (Å²) < 4.78 is 1.63. The molecular weight excluding hydrogens is 372 g/mol. The van der Waals surface area contributed by atoms with Gasteiger partial charge in [-0.15, -0.1) is 11.8 Å². The van der Waals surface area contributed by atoms with E-state index in [1.54, 1.807) is 30.1 Å². The summed E-state index contributed by atoms with van der Waals surface area (Å²) in [6, 6.07) is 17.0. The first-order valence-electron chi connectivity index (χ1n) is 9.03. The van der Waals surface area contributed by atoms with Gasteiger partial charge in [0.05, 0.1) is 11.3 Å². The van der Waals surface area contributed by atoms with Gasteiger partial charge in [-0.3, -0.25) is 14.3 Å². The van der Waals surface area contributed by atoms with E-state index in [9.17, 15) is 9.59 Å². The van der Waals surface area contributed by atoms with Crippen LogP contribution in [0.4, 0.5) is 11.5 Å². The van der Waals surface area contributed by atoms with Crippen molar-refractivity contribution < 1.29 is 9.59 Å².